The molecule has 1 saturated heterocycles. The molecule has 0 spiro atoms. The smallest absolute Gasteiger partial charge is 0.236 e. The molecule has 28 heavy (non-hydrogen) atoms. The monoisotopic (exact) mass is 420 g/mol. The molecule has 1 heterocycles. The van der Waals surface area contributed by atoms with Crippen LogP contribution in [0.25, 0.3) is 6.08 Å². The molecule has 1 fully saturated rings. The minimum atomic E-state index is -3.52. The van der Waals surface area contributed by atoms with Crippen LogP contribution in [0.2, 0.25) is 0 Å². The van der Waals surface area contributed by atoms with Gasteiger partial charge in [0.15, 0.2) is 0 Å². The number of sulfonamides is 1. The molecule has 1 amide bonds. The van der Waals surface area contributed by atoms with Crippen molar-refractivity contribution in [1.29, 1.82) is 0 Å². The SMILES string of the molecule is O=C(CSc1ccc(F)cc1)N1CCN(S(=O)(=O)C=Cc2ccccc2)CC1. The zero-order valence-corrected chi connectivity index (χ0v) is 16.8. The van der Waals surface area contributed by atoms with Crippen molar-refractivity contribution in [2.45, 2.75) is 4.90 Å². The van der Waals surface area contributed by atoms with Crippen molar-refractivity contribution in [1.82, 2.24) is 9.21 Å². The Kier molecular flexibility index (Phi) is 6.88. The Morgan fingerprint density at radius 2 is 1.64 bits per heavy atom. The fraction of sp³-hybridized carbons (Fsp3) is 0.250. The normalized spacial score (nSPS) is 15.8. The molecular weight excluding hydrogens is 399 g/mol. The number of rotatable bonds is 6. The Morgan fingerprint density at radius 1 is 1.00 bits per heavy atom. The lowest BCUT2D eigenvalue weighted by Crippen LogP contribution is -2.50. The Balaban J connectivity index is 1.49. The zero-order chi connectivity index (χ0) is 20.0. The number of piperazine rings is 1. The van der Waals surface area contributed by atoms with E-state index in [0.29, 0.717) is 13.1 Å². The van der Waals surface area contributed by atoms with Crippen LogP contribution in [0.4, 0.5) is 4.39 Å². The van der Waals surface area contributed by atoms with Crippen molar-refractivity contribution in [2.75, 3.05) is 31.9 Å². The third-order valence-electron chi connectivity index (χ3n) is 4.36. The maximum atomic E-state index is 12.9. The molecule has 1 aliphatic rings. The van der Waals surface area contributed by atoms with Crippen LogP contribution in [-0.2, 0) is 14.8 Å². The lowest BCUT2D eigenvalue weighted by atomic mass is 10.2. The van der Waals surface area contributed by atoms with E-state index >= 15 is 0 Å². The molecule has 148 valence electrons. The van der Waals surface area contributed by atoms with Crippen LogP contribution in [0.15, 0.2) is 64.9 Å². The molecule has 0 N–H and O–H groups in total. The number of hydrogen-bond donors (Lipinski definition) is 0. The number of halogens is 1. The fourth-order valence-corrected chi connectivity index (χ4v) is 4.75. The summed E-state index contributed by atoms with van der Waals surface area (Å²) >= 11 is 1.34. The van der Waals surface area contributed by atoms with Crippen molar-refractivity contribution in [3.63, 3.8) is 0 Å². The summed E-state index contributed by atoms with van der Waals surface area (Å²) in [7, 11) is -3.52. The van der Waals surface area contributed by atoms with E-state index in [-0.39, 0.29) is 30.6 Å². The highest BCUT2D eigenvalue weighted by Gasteiger charge is 2.27. The van der Waals surface area contributed by atoms with E-state index in [1.54, 1.807) is 23.1 Å². The van der Waals surface area contributed by atoms with Gasteiger partial charge in [-0.05, 0) is 35.9 Å². The zero-order valence-electron chi connectivity index (χ0n) is 15.2. The minimum Gasteiger partial charge on any atom is -0.339 e. The highest BCUT2D eigenvalue weighted by Crippen LogP contribution is 2.19. The maximum absolute atomic E-state index is 12.9. The topological polar surface area (TPSA) is 57.7 Å². The van der Waals surface area contributed by atoms with Crippen molar-refractivity contribution in [3.8, 4) is 0 Å². The van der Waals surface area contributed by atoms with Gasteiger partial charge in [0.25, 0.3) is 0 Å². The number of amides is 1. The first-order valence-electron chi connectivity index (χ1n) is 8.83. The summed E-state index contributed by atoms with van der Waals surface area (Å²) in [5, 5.41) is 1.21. The predicted molar refractivity (Wildman–Crippen MR) is 110 cm³/mol. The number of nitrogens with zero attached hydrogens (tertiary/aromatic N) is 2. The molecule has 0 atom stereocenters. The van der Waals surface area contributed by atoms with Crippen LogP contribution in [0.1, 0.15) is 5.56 Å². The average Bonchev–Trinajstić information content (AvgIpc) is 2.72. The highest BCUT2D eigenvalue weighted by molar-refractivity contribution is 8.00. The Bertz CT molecular complexity index is 924. The summed E-state index contributed by atoms with van der Waals surface area (Å²) in [5.41, 5.74) is 0.817. The minimum absolute atomic E-state index is 0.0498. The summed E-state index contributed by atoms with van der Waals surface area (Å²) < 4.78 is 39.3. The number of carbonyl (C=O) groups is 1. The number of carbonyl (C=O) groups excluding carboxylic acids is 1. The van der Waals surface area contributed by atoms with Gasteiger partial charge in [-0.3, -0.25) is 4.79 Å². The van der Waals surface area contributed by atoms with E-state index in [1.807, 2.05) is 30.3 Å². The van der Waals surface area contributed by atoms with Crippen molar-refractivity contribution in [3.05, 3.63) is 71.4 Å². The largest absolute Gasteiger partial charge is 0.339 e. The quantitative estimate of drug-likeness (QED) is 0.674. The summed E-state index contributed by atoms with van der Waals surface area (Å²) in [5.74, 6) is -0.118. The summed E-state index contributed by atoms with van der Waals surface area (Å²) in [4.78, 5) is 14.8. The van der Waals surface area contributed by atoms with Crippen LogP contribution in [-0.4, -0.2) is 55.5 Å². The van der Waals surface area contributed by atoms with E-state index in [0.717, 1.165) is 10.5 Å². The Morgan fingerprint density at radius 3 is 2.29 bits per heavy atom. The van der Waals surface area contributed by atoms with Crippen molar-refractivity contribution < 1.29 is 17.6 Å². The van der Waals surface area contributed by atoms with Crippen LogP contribution >= 0.6 is 11.8 Å². The summed E-state index contributed by atoms with van der Waals surface area (Å²) in [6, 6.07) is 15.2. The average molecular weight is 421 g/mol. The van der Waals surface area contributed by atoms with Crippen LogP contribution in [0.5, 0.6) is 0 Å². The number of hydrogen-bond acceptors (Lipinski definition) is 4. The standard InChI is InChI=1S/C20H21FN2O3S2/c21-18-6-8-19(9-7-18)27-16-20(24)22-11-13-23(14-12-22)28(25,26)15-10-17-4-2-1-3-5-17/h1-10,15H,11-14,16H2. The first-order chi connectivity index (χ1) is 13.4. The molecule has 0 bridgehead atoms. The molecule has 0 radical (unpaired) electrons. The summed E-state index contributed by atoms with van der Waals surface area (Å²) in [6.07, 6.45) is 1.58. The van der Waals surface area contributed by atoms with Crippen LogP contribution in [0, 0.1) is 5.82 Å². The van der Waals surface area contributed by atoms with Gasteiger partial charge in [-0.1, -0.05) is 30.3 Å². The van der Waals surface area contributed by atoms with Gasteiger partial charge in [0, 0.05) is 36.5 Å². The van der Waals surface area contributed by atoms with Crippen molar-refractivity contribution in [2.24, 2.45) is 0 Å². The van der Waals surface area contributed by atoms with Crippen LogP contribution < -0.4 is 0 Å². The van der Waals surface area contributed by atoms with Gasteiger partial charge >= 0.3 is 0 Å². The maximum Gasteiger partial charge on any atom is 0.236 e. The third kappa shape index (κ3) is 5.67. The third-order valence-corrected chi connectivity index (χ3v) is 6.92. The molecule has 8 heteroatoms. The van der Waals surface area contributed by atoms with Crippen LogP contribution in [0.3, 0.4) is 0 Å². The van der Waals surface area contributed by atoms with Gasteiger partial charge in [-0.2, -0.15) is 4.31 Å². The predicted octanol–water partition coefficient (Wildman–Crippen LogP) is 3.06. The van der Waals surface area contributed by atoms with E-state index in [2.05, 4.69) is 0 Å². The number of thioether (sulfide) groups is 1. The molecule has 2 aromatic rings. The van der Waals surface area contributed by atoms with Crippen molar-refractivity contribution >= 4 is 33.8 Å². The molecule has 0 saturated carbocycles. The van der Waals surface area contributed by atoms with Gasteiger partial charge in [-0.15, -0.1) is 11.8 Å². The molecular formula is C20H21FN2O3S2. The van der Waals surface area contributed by atoms with E-state index < -0.39 is 10.0 Å². The molecule has 0 unspecified atom stereocenters. The summed E-state index contributed by atoms with van der Waals surface area (Å²) in [6.45, 7) is 1.27. The Hall–Kier alpha value is -2.16. The van der Waals surface area contributed by atoms with E-state index in [9.17, 15) is 17.6 Å². The molecule has 3 rings (SSSR count). The van der Waals surface area contributed by atoms with Gasteiger partial charge in [0.1, 0.15) is 5.82 Å². The molecule has 0 aliphatic carbocycles. The second-order valence-electron chi connectivity index (χ2n) is 6.28. The molecule has 5 nitrogen and oxygen atoms in total. The lowest BCUT2D eigenvalue weighted by Gasteiger charge is -2.33. The molecule has 0 aromatic heterocycles. The van der Waals surface area contributed by atoms with Gasteiger partial charge in [-0.25, -0.2) is 12.8 Å². The first kappa shape index (κ1) is 20.6. The Labute approximate surface area is 168 Å². The van der Waals surface area contributed by atoms with Gasteiger partial charge in [0.2, 0.25) is 15.9 Å². The highest BCUT2D eigenvalue weighted by atomic mass is 32.2. The van der Waals surface area contributed by atoms with E-state index in [4.69, 9.17) is 0 Å². The molecule has 1 aliphatic heterocycles. The first-order valence-corrected chi connectivity index (χ1v) is 11.3. The van der Waals surface area contributed by atoms with Gasteiger partial charge in [0.05, 0.1) is 5.75 Å². The molecule has 2 aromatic carbocycles. The van der Waals surface area contributed by atoms with E-state index in [1.165, 1.54) is 33.6 Å². The van der Waals surface area contributed by atoms with Gasteiger partial charge < -0.3 is 4.90 Å². The fourth-order valence-electron chi connectivity index (χ4n) is 2.77. The lowest BCUT2D eigenvalue weighted by molar-refractivity contribution is -0.129. The second-order valence-corrected chi connectivity index (χ2v) is 9.15. The number of benzene rings is 2. The second kappa shape index (κ2) is 9.36.